The monoisotopic (exact) mass is 836 g/mol. The Morgan fingerprint density at radius 3 is 2.07 bits per heavy atom. The third-order valence-electron chi connectivity index (χ3n) is 10.3. The van der Waals surface area contributed by atoms with E-state index < -0.39 is 32.5 Å². The molecule has 0 spiro atoms. The highest BCUT2D eigenvalue weighted by molar-refractivity contribution is 7.45. The van der Waals surface area contributed by atoms with Crippen LogP contribution in [-0.2, 0) is 50.3 Å². The van der Waals surface area contributed by atoms with Crippen LogP contribution in [0.1, 0.15) is 152 Å². The zero-order valence-corrected chi connectivity index (χ0v) is 38.0. The summed E-state index contributed by atoms with van der Waals surface area (Å²) in [4.78, 5) is 37.6. The van der Waals surface area contributed by atoms with Crippen LogP contribution in [-0.4, -0.2) is 82.2 Å². The first-order valence-electron chi connectivity index (χ1n) is 22.2. The Labute approximate surface area is 351 Å². The third-order valence-corrected chi connectivity index (χ3v) is 11.2. The lowest BCUT2D eigenvalue weighted by Gasteiger charge is -2.28. The Morgan fingerprint density at radius 1 is 0.741 bits per heavy atom. The molecule has 2 heterocycles. The lowest BCUT2D eigenvalue weighted by molar-refractivity contribution is -0.870. The number of epoxide rings is 1. The predicted molar refractivity (Wildman–Crippen MR) is 229 cm³/mol. The number of phosphoric ester groups is 1. The second-order valence-corrected chi connectivity index (χ2v) is 18.1. The van der Waals surface area contributed by atoms with Crippen molar-refractivity contribution in [1.29, 1.82) is 0 Å². The summed E-state index contributed by atoms with van der Waals surface area (Å²) in [5.41, 5.74) is 2.57. The fourth-order valence-electron chi connectivity index (χ4n) is 6.43. The number of nitrogens with zero attached hydrogens (tertiary/aromatic N) is 1. The molecule has 0 N–H and O–H groups in total. The van der Waals surface area contributed by atoms with E-state index >= 15 is 0 Å². The van der Waals surface area contributed by atoms with E-state index in [0.29, 0.717) is 42.5 Å². The van der Waals surface area contributed by atoms with Crippen LogP contribution in [0.5, 0.6) is 0 Å². The second kappa shape index (κ2) is 29.7. The molecule has 12 heteroatoms. The smallest absolute Gasteiger partial charge is 0.306 e. The van der Waals surface area contributed by atoms with E-state index in [2.05, 4.69) is 58.1 Å². The minimum atomic E-state index is -4.66. The molecule has 58 heavy (non-hydrogen) atoms. The Balaban J connectivity index is 1.66. The highest BCUT2D eigenvalue weighted by atomic mass is 31.2. The number of likely N-dealkylation sites (N-methyl/N-ethyl adjacent to an activating group) is 1. The summed E-state index contributed by atoms with van der Waals surface area (Å²) < 4.78 is 45.7. The first-order chi connectivity index (χ1) is 27.7. The first-order valence-corrected chi connectivity index (χ1v) is 23.6. The van der Waals surface area contributed by atoms with Gasteiger partial charge in [0.15, 0.2) is 6.10 Å². The molecule has 0 aromatic carbocycles. The average molecular weight is 836 g/mol. The van der Waals surface area contributed by atoms with Crippen molar-refractivity contribution in [3.8, 4) is 0 Å². The molecule has 0 bridgehead atoms. The van der Waals surface area contributed by atoms with E-state index in [-0.39, 0.29) is 26.1 Å². The maximum atomic E-state index is 12.7. The first kappa shape index (κ1) is 51.6. The fraction of sp³-hybridized carbons (Fsp3) is 0.739. The van der Waals surface area contributed by atoms with Crippen molar-refractivity contribution < 1.29 is 51.2 Å². The Morgan fingerprint density at radius 2 is 1.38 bits per heavy atom. The predicted octanol–water partition coefficient (Wildman–Crippen LogP) is 10.1. The van der Waals surface area contributed by atoms with E-state index in [0.717, 1.165) is 82.1 Å². The number of allylic oxidation sites excluding steroid dienone is 5. The van der Waals surface area contributed by atoms with E-state index in [1.807, 2.05) is 27.2 Å². The molecule has 0 radical (unpaired) electrons. The highest BCUT2D eigenvalue weighted by Crippen LogP contribution is 2.38. The second-order valence-electron chi connectivity index (χ2n) is 16.7. The van der Waals surface area contributed by atoms with Crippen molar-refractivity contribution in [3.63, 3.8) is 0 Å². The van der Waals surface area contributed by atoms with Gasteiger partial charge in [-0.2, -0.15) is 0 Å². The van der Waals surface area contributed by atoms with Crippen molar-refractivity contribution in [3.05, 3.63) is 59.1 Å². The molecular weight excluding hydrogens is 757 g/mol. The Kier molecular flexibility index (Phi) is 26.4. The van der Waals surface area contributed by atoms with E-state index in [1.165, 1.54) is 36.8 Å². The summed E-state index contributed by atoms with van der Waals surface area (Å²) in [5.74, 6) is 1.29. The van der Waals surface area contributed by atoms with E-state index in [4.69, 9.17) is 27.7 Å². The van der Waals surface area contributed by atoms with Crippen LogP contribution >= 0.6 is 7.82 Å². The fourth-order valence-corrected chi connectivity index (χ4v) is 7.16. The van der Waals surface area contributed by atoms with Gasteiger partial charge in [-0.05, 0) is 82.8 Å². The number of phosphoric acid groups is 1. The van der Waals surface area contributed by atoms with Crippen LogP contribution in [0.15, 0.2) is 40.9 Å². The van der Waals surface area contributed by atoms with E-state index in [1.54, 1.807) is 0 Å². The zero-order valence-electron chi connectivity index (χ0n) is 37.1. The maximum absolute atomic E-state index is 12.7. The minimum absolute atomic E-state index is 0.0524. The van der Waals surface area contributed by atoms with Crippen molar-refractivity contribution in [2.24, 2.45) is 0 Å². The molecule has 1 saturated heterocycles. The van der Waals surface area contributed by atoms with Crippen molar-refractivity contribution in [2.75, 3.05) is 47.5 Å². The number of aryl methyl sites for hydroxylation is 2. The molecule has 1 fully saturated rings. The highest BCUT2D eigenvalue weighted by Gasteiger charge is 2.36. The van der Waals surface area contributed by atoms with Crippen molar-refractivity contribution in [1.82, 2.24) is 0 Å². The van der Waals surface area contributed by atoms with Crippen molar-refractivity contribution >= 4 is 19.8 Å². The van der Waals surface area contributed by atoms with E-state index in [9.17, 15) is 19.0 Å². The summed E-state index contributed by atoms with van der Waals surface area (Å²) >= 11 is 0. The van der Waals surface area contributed by atoms with Gasteiger partial charge < -0.3 is 37.1 Å². The molecular formula is C46H78NO10P. The molecule has 0 aliphatic carbocycles. The zero-order chi connectivity index (χ0) is 42.7. The van der Waals surface area contributed by atoms with Gasteiger partial charge in [0.1, 0.15) is 31.3 Å². The molecule has 0 saturated carbocycles. The van der Waals surface area contributed by atoms with Gasteiger partial charge in [0.05, 0.1) is 40.0 Å². The summed E-state index contributed by atoms with van der Waals surface area (Å²) in [6, 6.07) is 0. The molecule has 2 rings (SSSR count). The number of ether oxygens (including phenoxy) is 3. The van der Waals surface area contributed by atoms with Crippen molar-refractivity contribution in [2.45, 2.75) is 174 Å². The van der Waals surface area contributed by atoms with Gasteiger partial charge in [0.25, 0.3) is 7.82 Å². The molecule has 1 aromatic rings. The number of carbonyl (C=O) groups excluding carboxylic acids is 2. The Bertz CT molecular complexity index is 1430. The average Bonchev–Trinajstić information content (AvgIpc) is 3.86. The molecule has 4 atom stereocenters. The van der Waals surface area contributed by atoms with Crippen LogP contribution in [0.4, 0.5) is 0 Å². The molecule has 1 aliphatic heterocycles. The molecule has 0 amide bonds. The maximum Gasteiger partial charge on any atom is 0.306 e. The summed E-state index contributed by atoms with van der Waals surface area (Å²) in [6.07, 6.45) is 30.7. The van der Waals surface area contributed by atoms with Gasteiger partial charge in [-0.1, -0.05) is 95.2 Å². The number of hydrogen-bond acceptors (Lipinski definition) is 10. The topological polar surface area (TPSA) is 137 Å². The molecule has 3 unspecified atom stereocenters. The van der Waals surface area contributed by atoms with Crippen LogP contribution in [0.3, 0.4) is 0 Å². The number of furan rings is 1. The number of esters is 2. The SMILES string of the molecule is CCCCCC1OC1C/C=C\C/C=C\C/C=C\CCCC(=O)O[C@H](COC(=O)CCCCCCCCc1oc(CCC)c(C)c1C)COP(=O)([O-])OCC[N+](C)(C)C. The number of rotatable bonds is 35. The summed E-state index contributed by atoms with van der Waals surface area (Å²) in [5, 5.41) is 0. The minimum Gasteiger partial charge on any atom is -0.756 e. The number of hydrogen-bond donors (Lipinski definition) is 0. The quantitative estimate of drug-likeness (QED) is 0.0162. The summed E-state index contributed by atoms with van der Waals surface area (Å²) in [7, 11) is 1.09. The number of quaternary nitrogens is 1. The van der Waals surface area contributed by atoms with Crippen LogP contribution in [0, 0.1) is 13.8 Å². The van der Waals surface area contributed by atoms with Crippen LogP contribution in [0.25, 0.3) is 0 Å². The molecule has 1 aliphatic rings. The molecule has 332 valence electrons. The van der Waals surface area contributed by atoms with Gasteiger partial charge >= 0.3 is 11.9 Å². The number of carbonyl (C=O) groups is 2. The van der Waals surface area contributed by atoms with Crippen LogP contribution in [0.2, 0.25) is 0 Å². The summed E-state index contributed by atoms with van der Waals surface area (Å²) in [6.45, 7) is 8.27. The van der Waals surface area contributed by atoms with Crippen LogP contribution < -0.4 is 4.89 Å². The molecule has 1 aromatic heterocycles. The lowest BCUT2D eigenvalue weighted by atomic mass is 10.0. The number of unbranched alkanes of at least 4 members (excludes halogenated alkanes) is 8. The van der Waals surface area contributed by atoms with Gasteiger partial charge in [0.2, 0.25) is 0 Å². The third kappa shape index (κ3) is 25.2. The van der Waals surface area contributed by atoms with Gasteiger partial charge in [-0.3, -0.25) is 14.2 Å². The largest absolute Gasteiger partial charge is 0.756 e. The van der Waals surface area contributed by atoms with Gasteiger partial charge in [-0.15, -0.1) is 0 Å². The van der Waals surface area contributed by atoms with Gasteiger partial charge in [-0.25, -0.2) is 0 Å². The Hall–Kier alpha value is -2.53. The standard InChI is InChI=1S/C46H78NO10P/c1-8-10-23-30-43-44(57-43)31-25-20-15-13-11-12-14-16-22-27-33-46(49)55-40(37-54-58(50,51)53-35-34-47(5,6)7)36-52-45(48)32-26-21-18-17-19-24-29-42-39(4)38(3)41(56-42)28-9-2/h11,13-14,16,20,25,40,43-44H,8-10,12,15,17-19,21-24,26-37H2,1-7H3/b13-11-,16-14-,25-20-/t40-,43?,44?/m1/s1. The molecule has 11 nitrogen and oxygen atoms in total. The normalized spacial score (nSPS) is 17.4. The lowest BCUT2D eigenvalue weighted by Crippen LogP contribution is -2.37. The van der Waals surface area contributed by atoms with Gasteiger partial charge in [0, 0.05) is 25.7 Å².